The lowest BCUT2D eigenvalue weighted by molar-refractivity contribution is 0.0702. The Bertz CT molecular complexity index is 682. The molecule has 1 saturated carbocycles. The van der Waals surface area contributed by atoms with Crippen LogP contribution >= 0.6 is 0 Å². The zero-order valence-electron chi connectivity index (χ0n) is 13.0. The number of carbonyl (C=O) groups excluding carboxylic acids is 1. The van der Waals surface area contributed by atoms with Crippen LogP contribution in [0, 0.1) is 0 Å². The maximum atomic E-state index is 12.7. The van der Waals surface area contributed by atoms with Crippen molar-refractivity contribution in [2.45, 2.75) is 24.8 Å². The first-order valence-corrected chi connectivity index (χ1v) is 8.21. The molecule has 1 aliphatic heterocycles. The molecule has 4 rings (SSSR count). The molecule has 2 aromatic rings. The van der Waals surface area contributed by atoms with E-state index < -0.39 is 0 Å². The Labute approximate surface area is 135 Å². The second-order valence-corrected chi connectivity index (χ2v) is 6.27. The molecule has 5 nitrogen and oxygen atoms in total. The highest BCUT2D eigenvalue weighted by Gasteiger charge is 2.28. The van der Waals surface area contributed by atoms with Crippen LogP contribution in [0.2, 0.25) is 0 Å². The Balaban J connectivity index is 1.47. The molecule has 2 fully saturated rings. The molecule has 118 valence electrons. The van der Waals surface area contributed by atoms with Crippen LogP contribution in [0.25, 0.3) is 0 Å². The van der Waals surface area contributed by atoms with Crippen molar-refractivity contribution in [1.82, 2.24) is 20.2 Å². The molecule has 1 atom stereocenters. The van der Waals surface area contributed by atoms with Crippen molar-refractivity contribution >= 4 is 5.91 Å². The van der Waals surface area contributed by atoms with Gasteiger partial charge in [-0.3, -0.25) is 4.79 Å². The highest BCUT2D eigenvalue weighted by Crippen LogP contribution is 2.37. The second kappa shape index (κ2) is 6.08. The molecule has 1 aromatic carbocycles. The molecular weight excluding hydrogens is 288 g/mol. The van der Waals surface area contributed by atoms with Crippen LogP contribution in [0.4, 0.5) is 0 Å². The zero-order valence-corrected chi connectivity index (χ0v) is 13.0. The number of nitrogens with one attached hydrogen (secondary N) is 1. The zero-order chi connectivity index (χ0) is 15.6. The molecule has 1 saturated heterocycles. The van der Waals surface area contributed by atoms with Crippen LogP contribution < -0.4 is 5.32 Å². The number of hydrogen-bond donors (Lipinski definition) is 1. The lowest BCUT2D eigenvalue weighted by Gasteiger charge is -2.34. The third-order valence-electron chi connectivity index (χ3n) is 4.53. The molecular formula is C18H20N4O. The largest absolute Gasteiger partial charge is 0.335 e. The van der Waals surface area contributed by atoms with Crippen LogP contribution in [0.5, 0.6) is 0 Å². The summed E-state index contributed by atoms with van der Waals surface area (Å²) in [6.07, 6.45) is 5.71. The average molecular weight is 308 g/mol. The Morgan fingerprint density at radius 3 is 2.57 bits per heavy atom. The van der Waals surface area contributed by atoms with Gasteiger partial charge < -0.3 is 10.2 Å². The third-order valence-corrected chi connectivity index (χ3v) is 4.53. The Morgan fingerprint density at radius 1 is 1.13 bits per heavy atom. The Hall–Kier alpha value is -2.27. The Kier molecular flexibility index (Phi) is 3.79. The predicted octanol–water partition coefficient (Wildman–Crippen LogP) is 2.14. The summed E-state index contributed by atoms with van der Waals surface area (Å²) in [5.41, 5.74) is 1.80. The van der Waals surface area contributed by atoms with Gasteiger partial charge in [0, 0.05) is 44.0 Å². The average Bonchev–Trinajstić information content (AvgIpc) is 3.47. The molecule has 5 heteroatoms. The van der Waals surface area contributed by atoms with Gasteiger partial charge in [-0.2, -0.15) is 0 Å². The van der Waals surface area contributed by atoms with Gasteiger partial charge >= 0.3 is 0 Å². The van der Waals surface area contributed by atoms with Gasteiger partial charge in [0.1, 0.15) is 5.82 Å². The lowest BCUT2D eigenvalue weighted by Crippen LogP contribution is -2.48. The maximum Gasteiger partial charge on any atom is 0.257 e. The quantitative estimate of drug-likeness (QED) is 0.944. The van der Waals surface area contributed by atoms with Gasteiger partial charge in [-0.1, -0.05) is 30.3 Å². The number of aromatic nitrogens is 2. The van der Waals surface area contributed by atoms with Crippen LogP contribution in [0.3, 0.4) is 0 Å². The summed E-state index contributed by atoms with van der Waals surface area (Å²) >= 11 is 0. The van der Waals surface area contributed by atoms with Crippen molar-refractivity contribution in [3.63, 3.8) is 0 Å². The van der Waals surface area contributed by atoms with E-state index in [0.717, 1.165) is 12.4 Å². The molecule has 1 amide bonds. The molecule has 0 radical (unpaired) electrons. The fourth-order valence-electron chi connectivity index (χ4n) is 3.03. The van der Waals surface area contributed by atoms with E-state index in [2.05, 4.69) is 27.4 Å². The molecule has 0 spiro atoms. The first kappa shape index (κ1) is 14.3. The summed E-state index contributed by atoms with van der Waals surface area (Å²) < 4.78 is 0. The summed E-state index contributed by atoms with van der Waals surface area (Å²) in [6, 6.07) is 10.4. The summed E-state index contributed by atoms with van der Waals surface area (Å²) in [7, 11) is 0. The van der Waals surface area contributed by atoms with Crippen LogP contribution in [-0.2, 0) is 0 Å². The van der Waals surface area contributed by atoms with E-state index in [0.29, 0.717) is 24.6 Å². The van der Waals surface area contributed by atoms with E-state index in [1.807, 2.05) is 23.1 Å². The molecule has 2 heterocycles. The van der Waals surface area contributed by atoms with Gasteiger partial charge in [-0.25, -0.2) is 9.97 Å². The monoisotopic (exact) mass is 308 g/mol. The highest BCUT2D eigenvalue weighted by molar-refractivity contribution is 5.93. The SMILES string of the molecule is O=C(c1cnc(C2CC2)nc1)N1CCN[C@@H](c2ccccc2)C1. The third kappa shape index (κ3) is 3.10. The number of nitrogens with zero attached hydrogens (tertiary/aromatic N) is 3. The van der Waals surface area contributed by atoms with Gasteiger partial charge in [0.2, 0.25) is 0 Å². The van der Waals surface area contributed by atoms with E-state index in [-0.39, 0.29) is 11.9 Å². The molecule has 1 aliphatic carbocycles. The number of carbonyl (C=O) groups is 1. The van der Waals surface area contributed by atoms with Gasteiger partial charge in [0.15, 0.2) is 0 Å². The number of benzene rings is 1. The van der Waals surface area contributed by atoms with Crippen molar-refractivity contribution in [2.75, 3.05) is 19.6 Å². The minimum Gasteiger partial charge on any atom is -0.335 e. The van der Waals surface area contributed by atoms with E-state index in [4.69, 9.17) is 0 Å². The topological polar surface area (TPSA) is 58.1 Å². The van der Waals surface area contributed by atoms with Crippen LogP contribution in [-0.4, -0.2) is 40.4 Å². The molecule has 2 aliphatic rings. The van der Waals surface area contributed by atoms with Crippen LogP contribution in [0.1, 0.15) is 46.5 Å². The van der Waals surface area contributed by atoms with Crippen LogP contribution in [0.15, 0.2) is 42.7 Å². The van der Waals surface area contributed by atoms with Gasteiger partial charge in [0.05, 0.1) is 5.56 Å². The lowest BCUT2D eigenvalue weighted by atomic mass is 10.0. The normalized spacial score (nSPS) is 21.2. The fourth-order valence-corrected chi connectivity index (χ4v) is 3.03. The van der Waals surface area contributed by atoms with Crippen molar-refractivity contribution in [3.8, 4) is 0 Å². The number of rotatable bonds is 3. The minimum atomic E-state index is 0.0229. The van der Waals surface area contributed by atoms with Crippen molar-refractivity contribution in [3.05, 3.63) is 59.7 Å². The Morgan fingerprint density at radius 2 is 1.87 bits per heavy atom. The molecule has 1 aromatic heterocycles. The van der Waals surface area contributed by atoms with Gasteiger partial charge in [0.25, 0.3) is 5.91 Å². The summed E-state index contributed by atoms with van der Waals surface area (Å²) in [4.78, 5) is 23.3. The number of piperazine rings is 1. The molecule has 23 heavy (non-hydrogen) atoms. The predicted molar refractivity (Wildman–Crippen MR) is 87.1 cm³/mol. The number of hydrogen-bond acceptors (Lipinski definition) is 4. The highest BCUT2D eigenvalue weighted by atomic mass is 16.2. The fraction of sp³-hybridized carbons (Fsp3) is 0.389. The summed E-state index contributed by atoms with van der Waals surface area (Å²) in [5.74, 6) is 1.42. The smallest absolute Gasteiger partial charge is 0.257 e. The minimum absolute atomic E-state index is 0.0229. The molecule has 1 N–H and O–H groups in total. The molecule has 0 bridgehead atoms. The second-order valence-electron chi connectivity index (χ2n) is 6.27. The van der Waals surface area contributed by atoms with E-state index in [1.54, 1.807) is 12.4 Å². The summed E-state index contributed by atoms with van der Waals surface area (Å²) in [5, 5.41) is 3.48. The van der Waals surface area contributed by atoms with Crippen molar-refractivity contribution in [1.29, 1.82) is 0 Å². The standard InChI is InChI=1S/C18H20N4O/c23-18(15-10-20-17(21-11-15)14-6-7-14)22-9-8-19-16(12-22)13-4-2-1-3-5-13/h1-5,10-11,14,16,19H,6-9,12H2/t16-/m1/s1. The van der Waals surface area contributed by atoms with Gasteiger partial charge in [-0.15, -0.1) is 0 Å². The molecule has 0 unspecified atom stereocenters. The van der Waals surface area contributed by atoms with Crippen molar-refractivity contribution < 1.29 is 4.79 Å². The van der Waals surface area contributed by atoms with E-state index in [9.17, 15) is 4.79 Å². The van der Waals surface area contributed by atoms with Crippen molar-refractivity contribution in [2.24, 2.45) is 0 Å². The van der Waals surface area contributed by atoms with Gasteiger partial charge in [-0.05, 0) is 18.4 Å². The van der Waals surface area contributed by atoms with E-state index >= 15 is 0 Å². The first-order chi connectivity index (χ1) is 11.3. The maximum absolute atomic E-state index is 12.7. The van der Waals surface area contributed by atoms with E-state index in [1.165, 1.54) is 18.4 Å². The summed E-state index contributed by atoms with van der Waals surface area (Å²) in [6.45, 7) is 2.19. The number of amides is 1. The first-order valence-electron chi connectivity index (χ1n) is 8.21.